The third-order valence-electron chi connectivity index (χ3n) is 10.4. The van der Waals surface area contributed by atoms with Crippen molar-refractivity contribution in [2.24, 2.45) is 5.92 Å². The highest BCUT2D eigenvalue weighted by Crippen LogP contribution is 2.46. The van der Waals surface area contributed by atoms with Crippen LogP contribution in [-0.4, -0.2) is 9.13 Å². The lowest BCUT2D eigenvalue weighted by Crippen LogP contribution is -2.14. The van der Waals surface area contributed by atoms with Crippen molar-refractivity contribution < 1.29 is 4.42 Å². The third-order valence-corrected chi connectivity index (χ3v) is 10.4. The lowest BCUT2D eigenvalue weighted by atomic mass is 9.82. The fourth-order valence-corrected chi connectivity index (χ4v) is 8.14. The standard InChI is InChI=1S/C46H30N4O/c1-4-5-18-42-29(3)44-43(51-42)22-20-35-38-25-36(28(2)23-41(38)49(46(35)44)32-13-7-6-8-14-32)34-16-11-12-31(27-48)45(34)50-39-17-10-9-15-33(39)37-24-30(26-47)19-21-40(37)50/h1,5-22,24-25,28H,23H2,2-3H3/b18-5-. The van der Waals surface area contributed by atoms with Gasteiger partial charge in [-0.15, -0.1) is 6.42 Å². The molecule has 0 saturated carbocycles. The Hall–Kier alpha value is -7.00. The molecule has 5 heteroatoms. The first-order chi connectivity index (χ1) is 25.0. The summed E-state index contributed by atoms with van der Waals surface area (Å²) in [5.74, 6) is 3.47. The maximum Gasteiger partial charge on any atom is 0.137 e. The Labute approximate surface area is 295 Å². The van der Waals surface area contributed by atoms with Gasteiger partial charge < -0.3 is 13.6 Å². The van der Waals surface area contributed by atoms with E-state index in [2.05, 4.69) is 102 Å². The van der Waals surface area contributed by atoms with Crippen LogP contribution in [0.5, 0.6) is 0 Å². The number of nitriles is 2. The summed E-state index contributed by atoms with van der Waals surface area (Å²) in [7, 11) is 0. The van der Waals surface area contributed by atoms with Gasteiger partial charge in [-0.2, -0.15) is 10.5 Å². The molecule has 5 aromatic carbocycles. The van der Waals surface area contributed by atoms with Crippen molar-refractivity contribution in [3.8, 4) is 35.9 Å². The zero-order chi connectivity index (χ0) is 34.8. The molecule has 0 amide bonds. The first-order valence-electron chi connectivity index (χ1n) is 17.0. The quantitative estimate of drug-likeness (QED) is 0.177. The molecule has 0 radical (unpaired) electrons. The van der Waals surface area contributed by atoms with Gasteiger partial charge in [-0.3, -0.25) is 0 Å². The zero-order valence-corrected chi connectivity index (χ0v) is 28.1. The van der Waals surface area contributed by atoms with Crippen LogP contribution in [0.4, 0.5) is 0 Å². The predicted octanol–water partition coefficient (Wildman–Crippen LogP) is 10.9. The second-order valence-corrected chi connectivity index (χ2v) is 13.2. The van der Waals surface area contributed by atoms with Gasteiger partial charge in [-0.05, 0) is 97.7 Å². The Morgan fingerprint density at radius 3 is 2.43 bits per heavy atom. The molecule has 1 atom stereocenters. The molecule has 9 rings (SSSR count). The van der Waals surface area contributed by atoms with Crippen molar-refractivity contribution in [2.45, 2.75) is 20.3 Å². The van der Waals surface area contributed by atoms with E-state index in [0.29, 0.717) is 11.1 Å². The van der Waals surface area contributed by atoms with Gasteiger partial charge in [0.05, 0.1) is 39.4 Å². The fraction of sp³-hybridized carbons (Fsp3) is 0.0870. The number of nitrogens with zero attached hydrogens (tertiary/aromatic N) is 4. The van der Waals surface area contributed by atoms with Gasteiger partial charge in [-0.25, -0.2) is 0 Å². The molecule has 0 aliphatic heterocycles. The van der Waals surface area contributed by atoms with Gasteiger partial charge in [0.1, 0.15) is 17.4 Å². The van der Waals surface area contributed by atoms with Gasteiger partial charge in [0.2, 0.25) is 0 Å². The van der Waals surface area contributed by atoms with Crippen molar-refractivity contribution >= 4 is 61.4 Å². The molecule has 5 nitrogen and oxygen atoms in total. The van der Waals surface area contributed by atoms with Crippen LogP contribution in [0.25, 0.3) is 72.8 Å². The topological polar surface area (TPSA) is 70.6 Å². The van der Waals surface area contributed by atoms with Crippen molar-refractivity contribution in [1.82, 2.24) is 9.13 Å². The molecule has 1 unspecified atom stereocenters. The van der Waals surface area contributed by atoms with Crippen LogP contribution in [0.1, 0.15) is 46.2 Å². The maximum atomic E-state index is 10.6. The monoisotopic (exact) mass is 654 g/mol. The van der Waals surface area contributed by atoms with E-state index < -0.39 is 0 Å². The van der Waals surface area contributed by atoms with Crippen LogP contribution < -0.4 is 0 Å². The smallest absolute Gasteiger partial charge is 0.137 e. The number of hydrogen-bond donors (Lipinski definition) is 0. The minimum atomic E-state index is 0.130. The second-order valence-electron chi connectivity index (χ2n) is 13.2. The average molecular weight is 655 g/mol. The predicted molar refractivity (Wildman–Crippen MR) is 207 cm³/mol. The summed E-state index contributed by atoms with van der Waals surface area (Å²) in [6.45, 7) is 4.37. The van der Waals surface area contributed by atoms with E-state index in [1.165, 1.54) is 16.8 Å². The molecule has 0 N–H and O–H groups in total. The molecular weight excluding hydrogens is 625 g/mol. The van der Waals surface area contributed by atoms with E-state index in [1.54, 1.807) is 6.08 Å². The minimum Gasteiger partial charge on any atom is -0.456 e. The molecule has 3 aromatic heterocycles. The fourth-order valence-electron chi connectivity index (χ4n) is 8.14. The SMILES string of the molecule is C#C/C=C\c1oc2ccc3c4c(n(-c5ccccc5)c3c2c1C)CC(C)C(c1cccc(C#N)c1-n1c2ccccc2c2cc(C#N)ccc21)=C4. The van der Waals surface area contributed by atoms with Gasteiger partial charge >= 0.3 is 0 Å². The third kappa shape index (κ3) is 4.41. The summed E-state index contributed by atoms with van der Waals surface area (Å²) in [5, 5.41) is 24.6. The van der Waals surface area contributed by atoms with E-state index in [-0.39, 0.29) is 5.92 Å². The van der Waals surface area contributed by atoms with Gasteiger partial charge in [0.25, 0.3) is 0 Å². The molecule has 1 aliphatic carbocycles. The summed E-state index contributed by atoms with van der Waals surface area (Å²) in [5.41, 5.74) is 12.6. The average Bonchev–Trinajstić information content (AvgIpc) is 3.79. The number of allylic oxidation sites excluding steroid dienone is 2. The highest BCUT2D eigenvalue weighted by Gasteiger charge is 2.30. The Kier molecular flexibility index (Phi) is 6.82. The van der Waals surface area contributed by atoms with Crippen LogP contribution in [0.2, 0.25) is 0 Å². The Bertz CT molecular complexity index is 2940. The summed E-state index contributed by atoms with van der Waals surface area (Å²) in [4.78, 5) is 0. The number of benzene rings is 5. The Morgan fingerprint density at radius 2 is 1.63 bits per heavy atom. The van der Waals surface area contributed by atoms with Crippen LogP contribution >= 0.6 is 0 Å². The molecule has 8 aromatic rings. The second kappa shape index (κ2) is 11.6. The number of aryl methyl sites for hydroxylation is 1. The molecule has 0 fully saturated rings. The van der Waals surface area contributed by atoms with E-state index in [4.69, 9.17) is 10.8 Å². The summed E-state index contributed by atoms with van der Waals surface area (Å²) in [6.07, 6.45) is 12.2. The lowest BCUT2D eigenvalue weighted by molar-refractivity contribution is 0.601. The molecule has 240 valence electrons. The number of terminal acetylenes is 1. The normalized spacial score (nSPS) is 14.2. The number of aromatic nitrogens is 2. The van der Waals surface area contributed by atoms with Crippen LogP contribution in [0.3, 0.4) is 0 Å². The number of rotatable bonds is 4. The lowest BCUT2D eigenvalue weighted by Gasteiger charge is -2.26. The number of fused-ring (bicyclic) bond motifs is 8. The molecule has 3 heterocycles. The summed E-state index contributed by atoms with van der Waals surface area (Å²) in [6, 6.07) is 39.6. The highest BCUT2D eigenvalue weighted by molar-refractivity contribution is 6.13. The maximum absolute atomic E-state index is 10.6. The molecule has 0 spiro atoms. The van der Waals surface area contributed by atoms with Crippen LogP contribution in [0.15, 0.2) is 114 Å². The molecule has 0 bridgehead atoms. The minimum absolute atomic E-state index is 0.130. The Balaban J connectivity index is 1.36. The first kappa shape index (κ1) is 30.1. The van der Waals surface area contributed by atoms with Crippen LogP contribution in [0, 0.1) is 47.8 Å². The van der Waals surface area contributed by atoms with Crippen molar-refractivity contribution in [3.05, 3.63) is 148 Å². The number of hydrogen-bond acceptors (Lipinski definition) is 3. The van der Waals surface area contributed by atoms with Gasteiger partial charge in [0.15, 0.2) is 0 Å². The first-order valence-corrected chi connectivity index (χ1v) is 17.0. The summed E-state index contributed by atoms with van der Waals surface area (Å²) < 4.78 is 11.0. The zero-order valence-electron chi connectivity index (χ0n) is 28.1. The molecule has 51 heavy (non-hydrogen) atoms. The Morgan fingerprint density at radius 1 is 0.824 bits per heavy atom. The van der Waals surface area contributed by atoms with E-state index >= 15 is 0 Å². The van der Waals surface area contributed by atoms with E-state index in [9.17, 15) is 10.5 Å². The van der Waals surface area contributed by atoms with Crippen LogP contribution in [-0.2, 0) is 6.42 Å². The van der Waals surface area contributed by atoms with E-state index in [0.717, 1.165) is 78.4 Å². The van der Waals surface area contributed by atoms with Crippen molar-refractivity contribution in [3.63, 3.8) is 0 Å². The molecule has 1 aliphatic rings. The summed E-state index contributed by atoms with van der Waals surface area (Å²) >= 11 is 0. The molecular formula is C46H30N4O. The molecule has 0 saturated heterocycles. The van der Waals surface area contributed by atoms with Crippen molar-refractivity contribution in [2.75, 3.05) is 0 Å². The highest BCUT2D eigenvalue weighted by atomic mass is 16.3. The number of furan rings is 1. The number of para-hydroxylation sites is 3. The van der Waals surface area contributed by atoms with Crippen molar-refractivity contribution in [1.29, 1.82) is 10.5 Å². The largest absolute Gasteiger partial charge is 0.456 e. The van der Waals surface area contributed by atoms with E-state index in [1.807, 2.05) is 54.6 Å². The van der Waals surface area contributed by atoms with Gasteiger partial charge in [0, 0.05) is 49.6 Å². The van der Waals surface area contributed by atoms with Gasteiger partial charge in [-0.1, -0.05) is 61.4 Å².